The van der Waals surface area contributed by atoms with E-state index in [1.807, 2.05) is 0 Å². The van der Waals surface area contributed by atoms with Crippen LogP contribution in [0.3, 0.4) is 0 Å². The minimum atomic E-state index is 0.00831. The summed E-state index contributed by atoms with van der Waals surface area (Å²) in [6.07, 6.45) is 10.9. The van der Waals surface area contributed by atoms with E-state index >= 15 is 0 Å². The van der Waals surface area contributed by atoms with E-state index in [0.717, 1.165) is 12.8 Å². The fourth-order valence-corrected chi connectivity index (χ4v) is 4.00. The van der Waals surface area contributed by atoms with Gasteiger partial charge in [-0.1, -0.05) is 49.6 Å². The molecule has 0 unspecified atom stereocenters. The van der Waals surface area contributed by atoms with E-state index in [1.54, 1.807) is 29.4 Å². The predicted molar refractivity (Wildman–Crippen MR) is 95.0 cm³/mol. The Kier molecular flexibility index (Phi) is 3.89. The largest absolute Gasteiger partial charge is 0.298 e. The summed E-state index contributed by atoms with van der Waals surface area (Å²) >= 11 is 0. The smallest absolute Gasteiger partial charge is 0.262 e. The van der Waals surface area contributed by atoms with Crippen molar-refractivity contribution in [2.75, 3.05) is 0 Å². The molecule has 24 heavy (non-hydrogen) atoms. The average molecular weight is 319 g/mol. The molecule has 1 saturated carbocycles. The maximum absolute atomic E-state index is 12.9. The van der Waals surface area contributed by atoms with Crippen molar-refractivity contribution < 1.29 is 0 Å². The number of hydrogen-bond donors (Lipinski definition) is 0. The molecular weight excluding hydrogens is 298 g/mol. The van der Waals surface area contributed by atoms with Gasteiger partial charge in [-0.05, 0) is 24.5 Å². The Bertz CT molecular complexity index is 895. The van der Waals surface area contributed by atoms with E-state index in [2.05, 4.69) is 40.3 Å². The summed E-state index contributed by atoms with van der Waals surface area (Å²) in [5, 5.41) is 0.596. The van der Waals surface area contributed by atoms with Gasteiger partial charge in [0, 0.05) is 24.4 Å². The van der Waals surface area contributed by atoms with Crippen LogP contribution in [-0.2, 0) is 12.0 Å². The summed E-state index contributed by atoms with van der Waals surface area (Å²) in [4.78, 5) is 21.4. The van der Waals surface area contributed by atoms with Crippen molar-refractivity contribution in [2.45, 2.75) is 44.1 Å². The monoisotopic (exact) mass is 319 g/mol. The van der Waals surface area contributed by atoms with E-state index in [9.17, 15) is 4.79 Å². The van der Waals surface area contributed by atoms with Crippen molar-refractivity contribution in [3.8, 4) is 0 Å². The van der Waals surface area contributed by atoms with E-state index in [1.165, 1.54) is 24.8 Å². The van der Waals surface area contributed by atoms with Crippen LogP contribution in [0.5, 0.6) is 0 Å². The molecule has 1 aliphatic carbocycles. The van der Waals surface area contributed by atoms with Crippen LogP contribution in [0, 0.1) is 0 Å². The van der Waals surface area contributed by atoms with Gasteiger partial charge in [-0.15, -0.1) is 0 Å². The third-order valence-corrected chi connectivity index (χ3v) is 5.30. The maximum Gasteiger partial charge on any atom is 0.262 e. The lowest BCUT2D eigenvalue weighted by atomic mass is 9.69. The number of rotatable bonds is 3. The Morgan fingerprint density at radius 3 is 2.62 bits per heavy atom. The molecule has 4 heteroatoms. The molecule has 0 radical (unpaired) electrons. The molecule has 0 atom stereocenters. The van der Waals surface area contributed by atoms with E-state index in [-0.39, 0.29) is 11.0 Å². The van der Waals surface area contributed by atoms with Gasteiger partial charge < -0.3 is 0 Å². The Morgan fingerprint density at radius 1 is 1.04 bits per heavy atom. The average Bonchev–Trinajstić information content (AvgIpc) is 2.66. The maximum atomic E-state index is 12.9. The molecule has 4 nitrogen and oxygen atoms in total. The van der Waals surface area contributed by atoms with Crippen molar-refractivity contribution in [3.05, 3.63) is 71.0 Å². The fraction of sp³-hybridized carbons (Fsp3) is 0.350. The molecular formula is C20H21N3O. The second kappa shape index (κ2) is 6.19. The third kappa shape index (κ3) is 2.62. The van der Waals surface area contributed by atoms with Gasteiger partial charge in [0.15, 0.2) is 0 Å². The lowest BCUT2D eigenvalue weighted by Crippen LogP contribution is -2.37. The van der Waals surface area contributed by atoms with Crippen LogP contribution in [0.15, 0.2) is 59.9 Å². The molecule has 0 spiro atoms. The van der Waals surface area contributed by atoms with Crippen LogP contribution in [0.25, 0.3) is 10.9 Å². The van der Waals surface area contributed by atoms with Crippen LogP contribution >= 0.6 is 0 Å². The van der Waals surface area contributed by atoms with Gasteiger partial charge in [-0.3, -0.25) is 14.3 Å². The Hall–Kier alpha value is -2.49. The summed E-state index contributed by atoms with van der Waals surface area (Å²) in [7, 11) is 0. The van der Waals surface area contributed by atoms with Crippen LogP contribution in [0.4, 0.5) is 0 Å². The molecule has 0 bridgehead atoms. The van der Waals surface area contributed by atoms with Gasteiger partial charge >= 0.3 is 0 Å². The highest BCUT2D eigenvalue weighted by Gasteiger charge is 2.34. The highest BCUT2D eigenvalue weighted by atomic mass is 16.1. The number of pyridine rings is 1. The first-order valence-corrected chi connectivity index (χ1v) is 8.63. The third-order valence-electron chi connectivity index (χ3n) is 5.30. The zero-order valence-electron chi connectivity index (χ0n) is 13.7. The minimum Gasteiger partial charge on any atom is -0.298 e. The molecule has 4 rings (SSSR count). The van der Waals surface area contributed by atoms with Gasteiger partial charge in [0.2, 0.25) is 0 Å². The molecule has 2 aromatic heterocycles. The molecule has 1 fully saturated rings. The lowest BCUT2D eigenvalue weighted by Gasteiger charge is -2.38. The Balaban J connectivity index is 1.79. The fourth-order valence-electron chi connectivity index (χ4n) is 4.00. The zero-order chi connectivity index (χ0) is 16.4. The predicted octanol–water partition coefficient (Wildman–Crippen LogP) is 3.69. The first-order chi connectivity index (χ1) is 11.8. The second-order valence-electron chi connectivity index (χ2n) is 6.78. The second-order valence-corrected chi connectivity index (χ2v) is 6.78. The standard InChI is InChI=1S/C20H21N3O/c24-19-17-13-21-12-9-18(17)22-15-23(19)14-20(10-5-2-6-11-20)16-7-3-1-4-8-16/h1,3-4,7-9,12-13,15H,2,5-6,10-11,14H2. The summed E-state index contributed by atoms with van der Waals surface area (Å²) in [5.41, 5.74) is 2.08. The van der Waals surface area contributed by atoms with Crippen LogP contribution in [0.1, 0.15) is 37.7 Å². The number of nitrogens with zero attached hydrogens (tertiary/aromatic N) is 3. The Labute approximate surface area is 141 Å². The van der Waals surface area contributed by atoms with Crippen molar-refractivity contribution in [3.63, 3.8) is 0 Å². The van der Waals surface area contributed by atoms with Crippen LogP contribution in [-0.4, -0.2) is 14.5 Å². The highest BCUT2D eigenvalue weighted by Crippen LogP contribution is 2.40. The van der Waals surface area contributed by atoms with Gasteiger partial charge in [0.1, 0.15) is 0 Å². The van der Waals surface area contributed by atoms with Crippen molar-refractivity contribution in [1.29, 1.82) is 0 Å². The molecule has 1 aromatic carbocycles. The van der Waals surface area contributed by atoms with E-state index in [0.29, 0.717) is 17.4 Å². The van der Waals surface area contributed by atoms with Gasteiger partial charge in [0.25, 0.3) is 5.56 Å². The van der Waals surface area contributed by atoms with E-state index < -0.39 is 0 Å². The molecule has 1 aliphatic rings. The van der Waals surface area contributed by atoms with Gasteiger partial charge in [0.05, 0.1) is 17.2 Å². The molecule has 0 N–H and O–H groups in total. The molecule has 0 amide bonds. The van der Waals surface area contributed by atoms with Crippen molar-refractivity contribution >= 4 is 10.9 Å². The van der Waals surface area contributed by atoms with E-state index in [4.69, 9.17) is 0 Å². The summed E-state index contributed by atoms with van der Waals surface area (Å²) in [6.45, 7) is 0.688. The molecule has 3 aromatic rings. The van der Waals surface area contributed by atoms with Crippen LogP contribution < -0.4 is 5.56 Å². The van der Waals surface area contributed by atoms with Gasteiger partial charge in [-0.2, -0.15) is 0 Å². The van der Waals surface area contributed by atoms with Crippen LogP contribution in [0.2, 0.25) is 0 Å². The minimum absolute atomic E-state index is 0.00831. The van der Waals surface area contributed by atoms with Gasteiger partial charge in [-0.25, -0.2) is 4.98 Å². The topological polar surface area (TPSA) is 47.8 Å². The first-order valence-electron chi connectivity index (χ1n) is 8.63. The number of hydrogen-bond acceptors (Lipinski definition) is 3. The zero-order valence-corrected chi connectivity index (χ0v) is 13.7. The molecule has 2 heterocycles. The highest BCUT2D eigenvalue weighted by molar-refractivity contribution is 5.75. The Morgan fingerprint density at radius 2 is 1.83 bits per heavy atom. The normalized spacial score (nSPS) is 17.0. The SMILES string of the molecule is O=c1c2cnccc2ncn1CC1(c2ccccc2)CCCCC1. The first kappa shape index (κ1) is 15.1. The number of fused-ring (bicyclic) bond motifs is 1. The summed E-state index contributed by atoms with van der Waals surface area (Å²) in [6, 6.07) is 12.4. The molecule has 0 saturated heterocycles. The molecule has 0 aliphatic heterocycles. The van der Waals surface area contributed by atoms with Crippen molar-refractivity contribution in [2.24, 2.45) is 0 Å². The summed E-state index contributed by atoms with van der Waals surface area (Å²) < 4.78 is 1.78. The molecule has 122 valence electrons. The number of benzene rings is 1. The summed E-state index contributed by atoms with van der Waals surface area (Å²) in [5.74, 6) is 0. The van der Waals surface area contributed by atoms with Crippen molar-refractivity contribution in [1.82, 2.24) is 14.5 Å². The quantitative estimate of drug-likeness (QED) is 0.739. The number of aromatic nitrogens is 3. The lowest BCUT2D eigenvalue weighted by molar-refractivity contribution is 0.253.